The zero-order chi connectivity index (χ0) is 14.1. The molecule has 0 radical (unpaired) electrons. The van der Waals surface area contributed by atoms with Crippen molar-refractivity contribution in [3.63, 3.8) is 0 Å². The molecule has 0 heterocycles. The number of benzene rings is 1. The third-order valence-electron chi connectivity index (χ3n) is 2.83. The highest BCUT2D eigenvalue weighted by molar-refractivity contribution is 5.41. The number of rotatable bonds is 8. The Kier molecular flexibility index (Phi) is 6.84. The first-order valence-electron chi connectivity index (χ1n) is 6.78. The molecule has 1 atom stereocenters. The molecule has 1 unspecified atom stereocenters. The van der Waals surface area contributed by atoms with E-state index in [9.17, 15) is 0 Å². The molecular formula is C16H23NO2. The summed E-state index contributed by atoms with van der Waals surface area (Å²) in [5.74, 6) is 4.06. The lowest BCUT2D eigenvalue weighted by atomic mass is 10.0. The topological polar surface area (TPSA) is 44.5 Å². The van der Waals surface area contributed by atoms with E-state index >= 15 is 0 Å². The number of terminal acetylenes is 1. The van der Waals surface area contributed by atoms with Crippen LogP contribution < -0.4 is 15.2 Å². The minimum Gasteiger partial charge on any atom is -0.493 e. The van der Waals surface area contributed by atoms with Gasteiger partial charge in [0.2, 0.25) is 0 Å². The first kappa shape index (κ1) is 15.4. The van der Waals surface area contributed by atoms with Gasteiger partial charge in [-0.1, -0.05) is 25.8 Å². The number of hydrogen-bond donors (Lipinski definition) is 1. The molecule has 2 N–H and O–H groups in total. The van der Waals surface area contributed by atoms with Crippen LogP contribution in [-0.4, -0.2) is 19.3 Å². The Hall–Kier alpha value is -1.66. The Bertz CT molecular complexity index is 423. The fraction of sp³-hybridized carbons (Fsp3) is 0.500. The van der Waals surface area contributed by atoms with E-state index in [0.29, 0.717) is 6.61 Å². The summed E-state index contributed by atoms with van der Waals surface area (Å²) in [6.45, 7) is 5.10. The van der Waals surface area contributed by atoms with Gasteiger partial charge in [0, 0.05) is 12.1 Å². The summed E-state index contributed by atoms with van der Waals surface area (Å²) in [7, 11) is 0. The molecule has 104 valence electrons. The van der Waals surface area contributed by atoms with E-state index in [1.807, 2.05) is 18.2 Å². The molecule has 0 aliphatic carbocycles. The molecule has 1 aromatic carbocycles. The summed E-state index contributed by atoms with van der Waals surface area (Å²) in [5, 5.41) is 0. The fourth-order valence-electron chi connectivity index (χ4n) is 1.69. The van der Waals surface area contributed by atoms with Crippen molar-refractivity contribution in [2.75, 3.05) is 13.2 Å². The molecule has 0 spiro atoms. The van der Waals surface area contributed by atoms with E-state index < -0.39 is 0 Å². The van der Waals surface area contributed by atoms with Crippen LogP contribution >= 0.6 is 0 Å². The summed E-state index contributed by atoms with van der Waals surface area (Å²) in [4.78, 5) is 0. The lowest BCUT2D eigenvalue weighted by Gasteiger charge is -2.15. The van der Waals surface area contributed by atoms with Gasteiger partial charge in [-0.3, -0.25) is 0 Å². The second-order valence-electron chi connectivity index (χ2n) is 4.48. The van der Waals surface area contributed by atoms with Crippen molar-refractivity contribution in [3.05, 3.63) is 23.8 Å². The highest BCUT2D eigenvalue weighted by Gasteiger charge is 2.09. The second-order valence-corrected chi connectivity index (χ2v) is 4.48. The standard InChI is InChI=1S/C16H23NO2/c1-4-9-18-15-8-7-13(11-14(17)6-3)16(12-15)19-10-5-2/h2,7-8,12,14H,4,6,9-11,17H2,1,3H3. The lowest BCUT2D eigenvalue weighted by molar-refractivity contribution is 0.312. The van der Waals surface area contributed by atoms with Gasteiger partial charge in [0.1, 0.15) is 18.1 Å². The molecule has 0 amide bonds. The van der Waals surface area contributed by atoms with Crippen LogP contribution in [0.2, 0.25) is 0 Å². The van der Waals surface area contributed by atoms with Crippen molar-refractivity contribution >= 4 is 0 Å². The maximum atomic E-state index is 5.99. The average Bonchev–Trinajstić information content (AvgIpc) is 2.44. The number of hydrogen-bond acceptors (Lipinski definition) is 3. The van der Waals surface area contributed by atoms with Crippen molar-refractivity contribution in [1.29, 1.82) is 0 Å². The van der Waals surface area contributed by atoms with Crippen LogP contribution in [0.3, 0.4) is 0 Å². The molecule has 0 bridgehead atoms. The molecule has 0 fully saturated rings. The van der Waals surface area contributed by atoms with E-state index in [2.05, 4.69) is 19.8 Å². The van der Waals surface area contributed by atoms with Crippen molar-refractivity contribution in [2.24, 2.45) is 5.73 Å². The van der Waals surface area contributed by atoms with E-state index in [1.54, 1.807) is 0 Å². The van der Waals surface area contributed by atoms with Gasteiger partial charge in [0.25, 0.3) is 0 Å². The van der Waals surface area contributed by atoms with Crippen molar-refractivity contribution < 1.29 is 9.47 Å². The van der Waals surface area contributed by atoms with Crippen LogP contribution in [0.15, 0.2) is 18.2 Å². The van der Waals surface area contributed by atoms with Crippen LogP contribution in [0.1, 0.15) is 32.3 Å². The molecule has 1 rings (SSSR count). The molecule has 0 saturated heterocycles. The zero-order valence-corrected chi connectivity index (χ0v) is 11.8. The van der Waals surface area contributed by atoms with Crippen LogP contribution in [0.4, 0.5) is 0 Å². The molecule has 1 aromatic rings. The first-order chi connectivity index (χ1) is 9.21. The first-order valence-corrected chi connectivity index (χ1v) is 6.78. The lowest BCUT2D eigenvalue weighted by Crippen LogP contribution is -2.21. The average molecular weight is 261 g/mol. The van der Waals surface area contributed by atoms with Crippen LogP contribution in [0.25, 0.3) is 0 Å². The third kappa shape index (κ3) is 5.23. The molecule has 0 aromatic heterocycles. The quantitative estimate of drug-likeness (QED) is 0.732. The van der Waals surface area contributed by atoms with Gasteiger partial charge < -0.3 is 15.2 Å². The van der Waals surface area contributed by atoms with Gasteiger partial charge in [-0.05, 0) is 30.9 Å². The third-order valence-corrected chi connectivity index (χ3v) is 2.83. The second kappa shape index (κ2) is 8.44. The summed E-state index contributed by atoms with van der Waals surface area (Å²) in [5.41, 5.74) is 7.07. The fourth-order valence-corrected chi connectivity index (χ4v) is 1.69. The SMILES string of the molecule is C#CCOc1cc(OCCC)ccc1CC(N)CC. The van der Waals surface area contributed by atoms with Gasteiger partial charge in [-0.2, -0.15) is 0 Å². The van der Waals surface area contributed by atoms with Crippen molar-refractivity contribution in [3.8, 4) is 23.8 Å². The molecule has 19 heavy (non-hydrogen) atoms. The van der Waals surface area contributed by atoms with Crippen LogP contribution in [0.5, 0.6) is 11.5 Å². The predicted octanol–water partition coefficient (Wildman–Crippen LogP) is 2.77. The molecule has 0 saturated carbocycles. The van der Waals surface area contributed by atoms with Gasteiger partial charge in [-0.15, -0.1) is 6.42 Å². The molecule has 0 aliphatic heterocycles. The summed E-state index contributed by atoms with van der Waals surface area (Å²) < 4.78 is 11.2. The van der Waals surface area contributed by atoms with Crippen LogP contribution in [0, 0.1) is 12.3 Å². The van der Waals surface area contributed by atoms with Crippen molar-refractivity contribution in [2.45, 2.75) is 39.2 Å². The summed E-state index contributed by atoms with van der Waals surface area (Å²) >= 11 is 0. The predicted molar refractivity (Wildman–Crippen MR) is 78.5 cm³/mol. The van der Waals surface area contributed by atoms with Gasteiger partial charge in [0.05, 0.1) is 6.61 Å². The highest BCUT2D eigenvalue weighted by atomic mass is 16.5. The Morgan fingerprint density at radius 3 is 2.74 bits per heavy atom. The number of nitrogens with two attached hydrogens (primary N) is 1. The highest BCUT2D eigenvalue weighted by Crippen LogP contribution is 2.26. The monoisotopic (exact) mass is 261 g/mol. The Morgan fingerprint density at radius 1 is 1.32 bits per heavy atom. The maximum Gasteiger partial charge on any atom is 0.148 e. The van der Waals surface area contributed by atoms with Gasteiger partial charge >= 0.3 is 0 Å². The molecule has 3 heteroatoms. The Labute approximate surface area is 116 Å². The molecule has 0 aliphatic rings. The summed E-state index contributed by atoms with van der Waals surface area (Å²) in [6, 6.07) is 5.99. The molecular weight excluding hydrogens is 238 g/mol. The largest absolute Gasteiger partial charge is 0.493 e. The Balaban J connectivity index is 2.85. The van der Waals surface area contributed by atoms with E-state index in [1.165, 1.54) is 0 Å². The van der Waals surface area contributed by atoms with E-state index in [4.69, 9.17) is 21.6 Å². The number of ether oxygens (including phenoxy) is 2. The maximum absolute atomic E-state index is 5.99. The van der Waals surface area contributed by atoms with Crippen molar-refractivity contribution in [1.82, 2.24) is 0 Å². The van der Waals surface area contributed by atoms with Crippen LogP contribution in [-0.2, 0) is 6.42 Å². The summed E-state index contributed by atoms with van der Waals surface area (Å²) in [6.07, 6.45) is 7.93. The van der Waals surface area contributed by atoms with Gasteiger partial charge in [-0.25, -0.2) is 0 Å². The van der Waals surface area contributed by atoms with E-state index in [0.717, 1.165) is 36.3 Å². The van der Waals surface area contributed by atoms with Gasteiger partial charge in [0.15, 0.2) is 0 Å². The smallest absolute Gasteiger partial charge is 0.148 e. The minimum atomic E-state index is 0.135. The minimum absolute atomic E-state index is 0.135. The van der Waals surface area contributed by atoms with E-state index in [-0.39, 0.29) is 12.6 Å². The normalized spacial score (nSPS) is 11.7. The molecule has 3 nitrogen and oxygen atoms in total. The Morgan fingerprint density at radius 2 is 2.11 bits per heavy atom. The zero-order valence-electron chi connectivity index (χ0n) is 11.8.